The molecule has 18 heavy (non-hydrogen) atoms. The number of rotatable bonds is 3. The third kappa shape index (κ3) is 2.78. The van der Waals surface area contributed by atoms with Crippen molar-refractivity contribution in [2.75, 3.05) is 18.5 Å². The fourth-order valence-corrected chi connectivity index (χ4v) is 2.41. The van der Waals surface area contributed by atoms with Crippen molar-refractivity contribution in [3.05, 3.63) is 23.7 Å². The van der Waals surface area contributed by atoms with Crippen LogP contribution in [0, 0.1) is 0 Å². The lowest BCUT2D eigenvalue weighted by Crippen LogP contribution is -2.51. The van der Waals surface area contributed by atoms with E-state index in [1.54, 1.807) is 6.07 Å². The second kappa shape index (κ2) is 5.89. The van der Waals surface area contributed by atoms with Gasteiger partial charge in [0, 0.05) is 18.3 Å². The van der Waals surface area contributed by atoms with Gasteiger partial charge in [-0.2, -0.15) is 0 Å². The van der Waals surface area contributed by atoms with Crippen LogP contribution < -0.4 is 0 Å². The van der Waals surface area contributed by atoms with E-state index in [-0.39, 0.29) is 18.1 Å². The van der Waals surface area contributed by atoms with Gasteiger partial charge in [0.1, 0.15) is 5.76 Å². The molecule has 0 saturated carbocycles. The Kier molecular flexibility index (Phi) is 4.45. The highest BCUT2D eigenvalue weighted by molar-refractivity contribution is 9.09. The molecule has 1 saturated heterocycles. The molecular weight excluding hydrogens is 298 g/mol. The largest absolute Gasteiger partial charge is 0.456 e. The first-order valence-corrected chi connectivity index (χ1v) is 7.35. The van der Waals surface area contributed by atoms with Crippen LogP contribution in [0.4, 0.5) is 0 Å². The predicted molar refractivity (Wildman–Crippen MR) is 72.1 cm³/mol. The van der Waals surface area contributed by atoms with Gasteiger partial charge in [-0.1, -0.05) is 22.9 Å². The van der Waals surface area contributed by atoms with Gasteiger partial charge in [-0.3, -0.25) is 4.79 Å². The van der Waals surface area contributed by atoms with E-state index in [0.29, 0.717) is 18.9 Å². The molecule has 1 aromatic heterocycles. The molecule has 0 aliphatic carbocycles. The van der Waals surface area contributed by atoms with Crippen LogP contribution in [0.15, 0.2) is 16.5 Å². The Labute approximate surface area is 115 Å². The van der Waals surface area contributed by atoms with Crippen molar-refractivity contribution in [1.29, 1.82) is 0 Å². The molecule has 1 aliphatic rings. The molecule has 2 heterocycles. The highest BCUT2D eigenvalue weighted by Gasteiger charge is 2.31. The maximum absolute atomic E-state index is 12.4. The summed E-state index contributed by atoms with van der Waals surface area (Å²) in [5.74, 6) is 1.22. The minimum Gasteiger partial charge on any atom is -0.456 e. The molecule has 0 spiro atoms. The first kappa shape index (κ1) is 13.6. The van der Waals surface area contributed by atoms with Crippen molar-refractivity contribution >= 4 is 21.8 Å². The number of nitrogens with zero attached hydrogens (tertiary/aromatic N) is 1. The SMILES string of the molecule is CCc1ccc(C(=O)N2CC(CBr)OCC2C)o1. The number of furan rings is 1. The molecule has 2 atom stereocenters. The maximum atomic E-state index is 12.4. The van der Waals surface area contributed by atoms with Crippen LogP contribution in [0.2, 0.25) is 0 Å². The molecule has 2 rings (SSSR count). The van der Waals surface area contributed by atoms with Crippen molar-refractivity contribution < 1.29 is 13.9 Å². The number of aryl methyl sites for hydroxylation is 1. The van der Waals surface area contributed by atoms with Gasteiger partial charge in [0.25, 0.3) is 5.91 Å². The summed E-state index contributed by atoms with van der Waals surface area (Å²) < 4.78 is 11.1. The summed E-state index contributed by atoms with van der Waals surface area (Å²) in [6.07, 6.45) is 0.862. The number of halogens is 1. The highest BCUT2D eigenvalue weighted by atomic mass is 79.9. The Hall–Kier alpha value is -0.810. The van der Waals surface area contributed by atoms with Gasteiger partial charge in [0.2, 0.25) is 0 Å². The quantitative estimate of drug-likeness (QED) is 0.805. The first-order chi connectivity index (χ1) is 8.65. The Balaban J connectivity index is 2.11. The second-order valence-corrected chi connectivity index (χ2v) is 5.18. The minimum atomic E-state index is -0.0450. The van der Waals surface area contributed by atoms with Crippen LogP contribution in [0.5, 0.6) is 0 Å². The normalized spacial score (nSPS) is 24.3. The van der Waals surface area contributed by atoms with Gasteiger partial charge < -0.3 is 14.1 Å². The predicted octanol–water partition coefficient (Wildman–Crippen LogP) is 2.47. The topological polar surface area (TPSA) is 42.7 Å². The summed E-state index contributed by atoms with van der Waals surface area (Å²) in [7, 11) is 0. The Morgan fingerprint density at radius 2 is 2.33 bits per heavy atom. The average molecular weight is 316 g/mol. The standard InChI is InChI=1S/C13H18BrNO3/c1-3-10-4-5-12(18-10)13(16)15-7-11(6-14)17-8-9(15)2/h4-5,9,11H,3,6-8H2,1-2H3. The van der Waals surface area contributed by atoms with Crippen molar-refractivity contribution in [2.24, 2.45) is 0 Å². The molecule has 0 aromatic carbocycles. The molecule has 5 heteroatoms. The molecule has 0 bridgehead atoms. The second-order valence-electron chi connectivity index (χ2n) is 4.54. The fourth-order valence-electron chi connectivity index (χ4n) is 2.02. The van der Waals surface area contributed by atoms with Crippen LogP contribution in [0.25, 0.3) is 0 Å². The number of morpholine rings is 1. The molecule has 1 fully saturated rings. The van der Waals surface area contributed by atoms with Crippen molar-refractivity contribution in [3.63, 3.8) is 0 Å². The van der Waals surface area contributed by atoms with E-state index in [9.17, 15) is 4.79 Å². The molecule has 0 radical (unpaired) electrons. The zero-order valence-electron chi connectivity index (χ0n) is 10.7. The fraction of sp³-hybridized carbons (Fsp3) is 0.615. The van der Waals surface area contributed by atoms with E-state index in [2.05, 4.69) is 15.9 Å². The number of amides is 1. The molecule has 2 unspecified atom stereocenters. The molecule has 4 nitrogen and oxygen atoms in total. The lowest BCUT2D eigenvalue weighted by Gasteiger charge is -2.37. The van der Waals surface area contributed by atoms with Crippen LogP contribution >= 0.6 is 15.9 Å². The number of carbonyl (C=O) groups excluding carboxylic acids is 1. The Morgan fingerprint density at radius 3 is 2.94 bits per heavy atom. The summed E-state index contributed by atoms with van der Waals surface area (Å²) in [5, 5.41) is 0.738. The van der Waals surface area contributed by atoms with Gasteiger partial charge in [0.15, 0.2) is 5.76 Å². The third-order valence-corrected chi connectivity index (χ3v) is 3.88. The summed E-state index contributed by atoms with van der Waals surface area (Å²) >= 11 is 3.39. The Bertz CT molecular complexity index is 418. The van der Waals surface area contributed by atoms with Crippen molar-refractivity contribution in [3.8, 4) is 0 Å². The first-order valence-electron chi connectivity index (χ1n) is 6.23. The van der Waals surface area contributed by atoms with E-state index in [4.69, 9.17) is 9.15 Å². The Morgan fingerprint density at radius 1 is 1.56 bits per heavy atom. The smallest absolute Gasteiger partial charge is 0.289 e. The van der Waals surface area contributed by atoms with Crippen LogP contribution in [-0.2, 0) is 11.2 Å². The summed E-state index contributed by atoms with van der Waals surface area (Å²) in [4.78, 5) is 14.2. The van der Waals surface area contributed by atoms with Crippen molar-refractivity contribution in [2.45, 2.75) is 32.4 Å². The van der Waals surface area contributed by atoms with E-state index in [1.165, 1.54) is 0 Å². The number of carbonyl (C=O) groups is 1. The summed E-state index contributed by atoms with van der Waals surface area (Å²) in [5.41, 5.74) is 0. The number of hydrogen-bond donors (Lipinski definition) is 0. The maximum Gasteiger partial charge on any atom is 0.289 e. The summed E-state index contributed by atoms with van der Waals surface area (Å²) in [6.45, 7) is 5.17. The number of hydrogen-bond acceptors (Lipinski definition) is 3. The van der Waals surface area contributed by atoms with Crippen LogP contribution in [0.3, 0.4) is 0 Å². The monoisotopic (exact) mass is 315 g/mol. The van der Waals surface area contributed by atoms with E-state index < -0.39 is 0 Å². The molecule has 1 amide bonds. The van der Waals surface area contributed by atoms with Gasteiger partial charge in [-0.25, -0.2) is 0 Å². The van der Waals surface area contributed by atoms with E-state index in [1.807, 2.05) is 24.8 Å². The van der Waals surface area contributed by atoms with E-state index >= 15 is 0 Å². The van der Waals surface area contributed by atoms with Gasteiger partial charge >= 0.3 is 0 Å². The molecule has 1 aliphatic heterocycles. The molecule has 0 N–H and O–H groups in total. The average Bonchev–Trinajstić information content (AvgIpc) is 2.87. The molecule has 100 valence electrons. The zero-order chi connectivity index (χ0) is 13.1. The van der Waals surface area contributed by atoms with E-state index in [0.717, 1.165) is 17.5 Å². The lowest BCUT2D eigenvalue weighted by atomic mass is 10.2. The third-order valence-electron chi connectivity index (χ3n) is 3.16. The zero-order valence-corrected chi connectivity index (χ0v) is 12.3. The summed E-state index contributed by atoms with van der Waals surface area (Å²) in [6, 6.07) is 3.70. The van der Waals surface area contributed by atoms with Gasteiger partial charge in [-0.15, -0.1) is 0 Å². The highest BCUT2D eigenvalue weighted by Crippen LogP contribution is 2.18. The van der Waals surface area contributed by atoms with Gasteiger partial charge in [-0.05, 0) is 19.1 Å². The molecular formula is C13H18BrNO3. The number of ether oxygens (including phenoxy) is 1. The number of alkyl halides is 1. The molecule has 1 aromatic rings. The van der Waals surface area contributed by atoms with Crippen LogP contribution in [-0.4, -0.2) is 41.4 Å². The lowest BCUT2D eigenvalue weighted by molar-refractivity contribution is -0.0371. The van der Waals surface area contributed by atoms with Crippen LogP contribution in [0.1, 0.15) is 30.2 Å². The van der Waals surface area contributed by atoms with Gasteiger partial charge in [0.05, 0.1) is 18.8 Å². The van der Waals surface area contributed by atoms with Crippen molar-refractivity contribution in [1.82, 2.24) is 4.90 Å². The minimum absolute atomic E-state index is 0.0450.